The first-order valence-corrected chi connectivity index (χ1v) is 7.59. The van der Waals surface area contributed by atoms with Crippen molar-refractivity contribution < 1.29 is 24.6 Å². The molecule has 1 saturated heterocycles. The molecular formula is C17H22N2O5. The molecule has 24 heavy (non-hydrogen) atoms. The van der Waals surface area contributed by atoms with Crippen LogP contribution in [0.15, 0.2) is 36.4 Å². The molecule has 7 nitrogen and oxygen atoms in total. The quantitative estimate of drug-likeness (QED) is 0.708. The Bertz CT molecular complexity index is 566. The van der Waals surface area contributed by atoms with Gasteiger partial charge in [-0.1, -0.05) is 42.5 Å². The van der Waals surface area contributed by atoms with Crippen LogP contribution in [0.1, 0.15) is 18.4 Å². The first-order valence-electron chi connectivity index (χ1n) is 7.59. The number of likely N-dealkylation sites (tertiary alicyclic amines) is 1. The Hall–Kier alpha value is -2.67. The van der Waals surface area contributed by atoms with Gasteiger partial charge >= 0.3 is 11.9 Å². The van der Waals surface area contributed by atoms with Crippen molar-refractivity contribution in [3.05, 3.63) is 42.0 Å². The fraction of sp³-hybridized carbons (Fsp3) is 0.353. The summed E-state index contributed by atoms with van der Waals surface area (Å²) in [6, 6.07) is 10.3. The number of carbonyl (C=O) groups is 3. The maximum Gasteiger partial charge on any atom is 0.414 e. The van der Waals surface area contributed by atoms with Crippen molar-refractivity contribution in [1.29, 1.82) is 0 Å². The van der Waals surface area contributed by atoms with E-state index in [1.165, 1.54) is 5.56 Å². The molecule has 1 aromatic rings. The minimum atomic E-state index is -1.82. The second-order valence-corrected chi connectivity index (χ2v) is 5.40. The highest BCUT2D eigenvalue weighted by atomic mass is 16.4. The molecule has 1 aliphatic rings. The van der Waals surface area contributed by atoms with Crippen molar-refractivity contribution >= 4 is 23.9 Å². The summed E-state index contributed by atoms with van der Waals surface area (Å²) < 4.78 is 0. The highest BCUT2D eigenvalue weighted by Crippen LogP contribution is 2.16. The third-order valence-corrected chi connectivity index (χ3v) is 3.65. The summed E-state index contributed by atoms with van der Waals surface area (Å²) in [5.74, 6) is -3.71. The predicted molar refractivity (Wildman–Crippen MR) is 89.1 cm³/mol. The number of nitrogens with zero attached hydrogens (tertiary/aromatic N) is 1. The number of benzene rings is 1. The third kappa shape index (κ3) is 7.55. The lowest BCUT2D eigenvalue weighted by Crippen LogP contribution is -2.38. The maximum atomic E-state index is 11.0. The van der Waals surface area contributed by atoms with Crippen molar-refractivity contribution in [1.82, 2.24) is 4.90 Å². The zero-order valence-electron chi connectivity index (χ0n) is 13.3. The van der Waals surface area contributed by atoms with Gasteiger partial charge in [-0.3, -0.25) is 9.69 Å². The average Bonchev–Trinajstić information content (AvgIpc) is 2.57. The molecule has 0 saturated carbocycles. The zero-order chi connectivity index (χ0) is 17.9. The summed E-state index contributed by atoms with van der Waals surface area (Å²) in [6.45, 7) is 2.87. The number of nitrogens with two attached hydrogens (primary N) is 1. The van der Waals surface area contributed by atoms with Gasteiger partial charge in [0.05, 0.1) is 0 Å². The van der Waals surface area contributed by atoms with Gasteiger partial charge in [-0.05, 0) is 31.5 Å². The van der Waals surface area contributed by atoms with E-state index in [0.717, 1.165) is 32.5 Å². The van der Waals surface area contributed by atoms with Crippen molar-refractivity contribution in [3.63, 3.8) is 0 Å². The van der Waals surface area contributed by atoms with Crippen LogP contribution in [0.3, 0.4) is 0 Å². The minimum absolute atomic E-state index is 0.0827. The van der Waals surface area contributed by atoms with Crippen LogP contribution in [0.2, 0.25) is 0 Å². The van der Waals surface area contributed by atoms with E-state index in [2.05, 4.69) is 29.2 Å². The van der Waals surface area contributed by atoms with Crippen LogP contribution in [0, 0.1) is 5.92 Å². The van der Waals surface area contributed by atoms with E-state index in [1.807, 2.05) is 18.2 Å². The van der Waals surface area contributed by atoms with Crippen LogP contribution >= 0.6 is 0 Å². The molecule has 0 aromatic heterocycles. The van der Waals surface area contributed by atoms with E-state index < -0.39 is 11.9 Å². The van der Waals surface area contributed by atoms with Gasteiger partial charge < -0.3 is 15.9 Å². The molecule has 1 amide bonds. The monoisotopic (exact) mass is 334 g/mol. The van der Waals surface area contributed by atoms with Gasteiger partial charge in [-0.15, -0.1) is 0 Å². The van der Waals surface area contributed by atoms with Crippen molar-refractivity contribution in [2.24, 2.45) is 11.7 Å². The normalized spacial score (nSPS) is 15.5. The lowest BCUT2D eigenvalue weighted by atomic mass is 9.96. The van der Waals surface area contributed by atoms with E-state index in [9.17, 15) is 4.79 Å². The van der Waals surface area contributed by atoms with Gasteiger partial charge in [-0.2, -0.15) is 0 Å². The first kappa shape index (κ1) is 19.4. The fourth-order valence-corrected chi connectivity index (χ4v) is 2.30. The number of carboxylic acid groups (broad SMARTS) is 2. The molecule has 0 unspecified atom stereocenters. The Morgan fingerprint density at radius 3 is 2.08 bits per heavy atom. The van der Waals surface area contributed by atoms with Crippen LogP contribution in [-0.2, 0) is 14.4 Å². The maximum absolute atomic E-state index is 11.0. The van der Waals surface area contributed by atoms with Gasteiger partial charge in [0.15, 0.2) is 0 Å². The van der Waals surface area contributed by atoms with Crippen LogP contribution in [0.4, 0.5) is 0 Å². The summed E-state index contributed by atoms with van der Waals surface area (Å²) >= 11 is 0. The Labute approximate surface area is 140 Å². The van der Waals surface area contributed by atoms with Crippen molar-refractivity contribution in [2.45, 2.75) is 12.8 Å². The summed E-state index contributed by atoms with van der Waals surface area (Å²) in [4.78, 5) is 31.6. The van der Waals surface area contributed by atoms with Gasteiger partial charge in [0.25, 0.3) is 0 Å². The Kier molecular flexibility index (Phi) is 8.21. The molecule has 0 spiro atoms. The molecule has 130 valence electrons. The van der Waals surface area contributed by atoms with E-state index in [-0.39, 0.29) is 11.8 Å². The molecule has 1 aromatic carbocycles. The number of carboxylic acids is 2. The van der Waals surface area contributed by atoms with E-state index in [1.54, 1.807) is 0 Å². The zero-order valence-corrected chi connectivity index (χ0v) is 13.3. The number of carbonyl (C=O) groups excluding carboxylic acids is 1. The first-order chi connectivity index (χ1) is 11.4. The van der Waals surface area contributed by atoms with Crippen LogP contribution < -0.4 is 5.73 Å². The number of rotatable bonds is 4. The van der Waals surface area contributed by atoms with Gasteiger partial charge in [0.2, 0.25) is 5.91 Å². The Morgan fingerprint density at radius 1 is 1.08 bits per heavy atom. The van der Waals surface area contributed by atoms with Crippen molar-refractivity contribution in [3.8, 4) is 0 Å². The number of hydrogen-bond donors (Lipinski definition) is 3. The Morgan fingerprint density at radius 2 is 1.62 bits per heavy atom. The van der Waals surface area contributed by atoms with Crippen LogP contribution in [-0.4, -0.2) is 52.6 Å². The van der Waals surface area contributed by atoms with E-state index >= 15 is 0 Å². The molecule has 4 N–H and O–H groups in total. The summed E-state index contributed by atoms with van der Waals surface area (Å²) in [6.07, 6.45) is 6.11. The highest BCUT2D eigenvalue weighted by Gasteiger charge is 2.21. The lowest BCUT2D eigenvalue weighted by molar-refractivity contribution is -0.159. The fourth-order valence-electron chi connectivity index (χ4n) is 2.30. The molecule has 7 heteroatoms. The standard InChI is InChI=1S/C15H20N2O.C2H2O4/c16-15(18)14-8-11-17(12-9-14)10-4-7-13-5-2-1-3-6-13;3-1(4)2(5)6/h1-7,14H,8-12H2,(H2,16,18);(H,3,4)(H,5,6). The smallest absolute Gasteiger partial charge is 0.414 e. The number of hydrogen-bond acceptors (Lipinski definition) is 4. The Balaban J connectivity index is 0.000000413. The van der Waals surface area contributed by atoms with E-state index in [4.69, 9.17) is 25.5 Å². The third-order valence-electron chi connectivity index (χ3n) is 3.65. The number of primary amides is 1. The van der Waals surface area contributed by atoms with Gasteiger partial charge in [-0.25, -0.2) is 9.59 Å². The number of piperidine rings is 1. The molecular weight excluding hydrogens is 312 g/mol. The average molecular weight is 334 g/mol. The van der Waals surface area contributed by atoms with E-state index in [0.29, 0.717) is 0 Å². The summed E-state index contributed by atoms with van der Waals surface area (Å²) in [5, 5.41) is 14.8. The molecule has 1 aliphatic heterocycles. The molecule has 2 rings (SSSR count). The highest BCUT2D eigenvalue weighted by molar-refractivity contribution is 6.27. The van der Waals surface area contributed by atoms with Crippen LogP contribution in [0.25, 0.3) is 6.08 Å². The second-order valence-electron chi connectivity index (χ2n) is 5.40. The molecule has 0 radical (unpaired) electrons. The molecule has 0 bridgehead atoms. The van der Waals surface area contributed by atoms with Crippen LogP contribution in [0.5, 0.6) is 0 Å². The molecule has 0 atom stereocenters. The minimum Gasteiger partial charge on any atom is -0.473 e. The molecule has 1 heterocycles. The lowest BCUT2D eigenvalue weighted by Gasteiger charge is -2.29. The van der Waals surface area contributed by atoms with Crippen molar-refractivity contribution in [2.75, 3.05) is 19.6 Å². The number of amides is 1. The number of aliphatic carboxylic acids is 2. The van der Waals surface area contributed by atoms with Gasteiger partial charge in [0.1, 0.15) is 0 Å². The molecule has 0 aliphatic carbocycles. The largest absolute Gasteiger partial charge is 0.473 e. The second kappa shape index (κ2) is 10.2. The predicted octanol–water partition coefficient (Wildman–Crippen LogP) is 1.05. The molecule has 1 fully saturated rings. The topological polar surface area (TPSA) is 121 Å². The summed E-state index contributed by atoms with van der Waals surface area (Å²) in [5.41, 5.74) is 6.54. The van der Waals surface area contributed by atoms with Gasteiger partial charge in [0, 0.05) is 12.5 Å². The SMILES string of the molecule is NC(=O)C1CCN(CC=Cc2ccccc2)CC1.O=C(O)C(=O)O. The summed E-state index contributed by atoms with van der Waals surface area (Å²) in [7, 11) is 0.